The van der Waals surface area contributed by atoms with Gasteiger partial charge in [0, 0.05) is 16.7 Å². The van der Waals surface area contributed by atoms with Crippen molar-refractivity contribution in [1.82, 2.24) is 15.0 Å². The van der Waals surface area contributed by atoms with Crippen LogP contribution in [0.2, 0.25) is 0 Å². The molecule has 0 spiro atoms. The molecular formula is C16H14BrN5O2. The van der Waals surface area contributed by atoms with E-state index in [1.807, 2.05) is 31.2 Å². The Hall–Kier alpha value is -2.74. The molecule has 0 amide bonds. The molecule has 122 valence electrons. The summed E-state index contributed by atoms with van der Waals surface area (Å²) < 4.78 is 1.00. The summed E-state index contributed by atoms with van der Waals surface area (Å²) in [5.74, 6) is 0.893. The van der Waals surface area contributed by atoms with Gasteiger partial charge in [-0.05, 0) is 30.7 Å². The van der Waals surface area contributed by atoms with Gasteiger partial charge in [-0.15, -0.1) is 0 Å². The molecule has 2 aromatic heterocycles. The molecule has 0 saturated carbocycles. The topological polar surface area (TPSA) is 96.7 Å². The Morgan fingerprint density at radius 3 is 2.71 bits per heavy atom. The molecule has 3 rings (SSSR count). The summed E-state index contributed by atoms with van der Waals surface area (Å²) in [6.45, 7) is 1.86. The minimum atomic E-state index is -0.461. The molecular weight excluding hydrogens is 374 g/mol. The van der Waals surface area contributed by atoms with Gasteiger partial charge < -0.3 is 10.3 Å². The molecule has 24 heavy (non-hydrogen) atoms. The first-order valence-electron chi connectivity index (χ1n) is 7.21. The number of H-pyrrole nitrogens is 1. The number of nitro groups is 1. The highest BCUT2D eigenvalue weighted by Crippen LogP contribution is 2.26. The molecule has 3 aromatic rings. The second-order valence-electron chi connectivity index (χ2n) is 5.18. The highest BCUT2D eigenvalue weighted by atomic mass is 79.9. The van der Waals surface area contributed by atoms with E-state index in [4.69, 9.17) is 0 Å². The molecule has 0 saturated heterocycles. The van der Waals surface area contributed by atoms with E-state index in [-0.39, 0.29) is 17.5 Å². The van der Waals surface area contributed by atoms with Gasteiger partial charge in [0.15, 0.2) is 0 Å². The highest BCUT2D eigenvalue weighted by Gasteiger charge is 2.18. The van der Waals surface area contributed by atoms with Crippen molar-refractivity contribution in [1.29, 1.82) is 0 Å². The number of benzene rings is 1. The molecule has 2 heterocycles. The van der Waals surface area contributed by atoms with Crippen LogP contribution in [0, 0.1) is 10.1 Å². The molecule has 7 nitrogen and oxygen atoms in total. The molecule has 0 aliphatic carbocycles. The van der Waals surface area contributed by atoms with E-state index in [1.165, 1.54) is 18.3 Å². The smallest absolute Gasteiger partial charge is 0.311 e. The predicted molar refractivity (Wildman–Crippen MR) is 94.7 cm³/mol. The molecule has 0 fully saturated rings. The lowest BCUT2D eigenvalue weighted by atomic mass is 10.2. The Labute approximate surface area is 146 Å². The number of halogens is 1. The van der Waals surface area contributed by atoms with Crippen LogP contribution in [0.4, 0.5) is 11.5 Å². The Balaban J connectivity index is 1.80. The average Bonchev–Trinajstić information content (AvgIpc) is 3.06. The first-order chi connectivity index (χ1) is 11.5. The lowest BCUT2D eigenvalue weighted by Crippen LogP contribution is -2.11. The van der Waals surface area contributed by atoms with Gasteiger partial charge >= 0.3 is 5.69 Å². The summed E-state index contributed by atoms with van der Waals surface area (Å²) in [4.78, 5) is 22.2. The van der Waals surface area contributed by atoms with Crippen molar-refractivity contribution >= 4 is 27.4 Å². The van der Waals surface area contributed by atoms with Gasteiger partial charge in [0.25, 0.3) is 0 Å². The van der Waals surface area contributed by atoms with E-state index in [1.54, 1.807) is 6.20 Å². The second-order valence-corrected chi connectivity index (χ2v) is 6.10. The van der Waals surface area contributed by atoms with Crippen LogP contribution in [0.15, 0.2) is 53.3 Å². The van der Waals surface area contributed by atoms with Crippen molar-refractivity contribution in [2.45, 2.75) is 13.0 Å². The van der Waals surface area contributed by atoms with Crippen molar-refractivity contribution in [3.05, 3.63) is 69.2 Å². The molecule has 0 unspecified atom stereocenters. The summed E-state index contributed by atoms with van der Waals surface area (Å²) in [5.41, 5.74) is 1.82. The Morgan fingerprint density at radius 1 is 1.25 bits per heavy atom. The summed E-state index contributed by atoms with van der Waals surface area (Å²) >= 11 is 3.40. The van der Waals surface area contributed by atoms with Crippen LogP contribution in [-0.4, -0.2) is 19.9 Å². The first-order valence-corrected chi connectivity index (χ1v) is 8.00. The number of anilines is 1. The first kappa shape index (κ1) is 16.1. The van der Waals surface area contributed by atoms with Crippen molar-refractivity contribution in [2.75, 3.05) is 5.32 Å². The van der Waals surface area contributed by atoms with Gasteiger partial charge in [-0.2, -0.15) is 0 Å². The number of nitrogens with zero attached hydrogens (tertiary/aromatic N) is 3. The number of hydrogen-bond donors (Lipinski definition) is 2. The fraction of sp³-hybridized carbons (Fsp3) is 0.125. The van der Waals surface area contributed by atoms with E-state index in [9.17, 15) is 10.1 Å². The Bertz CT molecular complexity index is 863. The van der Waals surface area contributed by atoms with Crippen molar-refractivity contribution in [3.8, 4) is 11.3 Å². The van der Waals surface area contributed by atoms with Gasteiger partial charge in [0.2, 0.25) is 5.82 Å². The minimum Gasteiger partial charge on any atom is -0.355 e. The van der Waals surface area contributed by atoms with E-state index in [0.29, 0.717) is 5.82 Å². The normalized spacial score (nSPS) is 11.9. The number of aromatic nitrogens is 3. The fourth-order valence-electron chi connectivity index (χ4n) is 2.26. The van der Waals surface area contributed by atoms with Crippen LogP contribution in [0.1, 0.15) is 18.8 Å². The van der Waals surface area contributed by atoms with Crippen LogP contribution in [0.5, 0.6) is 0 Å². The number of aromatic amines is 1. The third kappa shape index (κ3) is 3.43. The van der Waals surface area contributed by atoms with E-state index in [2.05, 4.69) is 36.2 Å². The van der Waals surface area contributed by atoms with Gasteiger partial charge in [-0.1, -0.05) is 28.1 Å². The van der Waals surface area contributed by atoms with Crippen molar-refractivity contribution < 1.29 is 4.92 Å². The molecule has 0 radical (unpaired) electrons. The Kier molecular flexibility index (Phi) is 4.57. The van der Waals surface area contributed by atoms with Crippen LogP contribution in [0.3, 0.4) is 0 Å². The maximum atomic E-state index is 11.1. The molecule has 0 aliphatic heterocycles. The molecule has 0 bridgehead atoms. The summed E-state index contributed by atoms with van der Waals surface area (Å²) in [7, 11) is 0. The average molecular weight is 388 g/mol. The number of hydrogen-bond acceptors (Lipinski definition) is 5. The number of pyridine rings is 1. The van der Waals surface area contributed by atoms with Crippen molar-refractivity contribution in [3.63, 3.8) is 0 Å². The largest absolute Gasteiger partial charge is 0.355 e. The molecule has 2 N–H and O–H groups in total. The summed E-state index contributed by atoms with van der Waals surface area (Å²) in [5, 5.41) is 14.1. The minimum absolute atomic E-state index is 0.0657. The van der Waals surface area contributed by atoms with Gasteiger partial charge in [0.05, 0.1) is 22.9 Å². The standard InChI is InChI=1S/C16H14BrN5O2/c1-10(20-16-14(22(23)24)3-2-8-18-16)15-19-9-13(21-15)11-4-6-12(17)7-5-11/h2-10H,1H3,(H,18,20)(H,19,21)/t10-/m0/s1. The SMILES string of the molecule is C[C@H](Nc1ncccc1[N+](=O)[O-])c1ncc(-c2ccc(Br)cc2)[nH]1. The fourth-order valence-corrected chi connectivity index (χ4v) is 2.53. The lowest BCUT2D eigenvalue weighted by molar-refractivity contribution is -0.384. The zero-order chi connectivity index (χ0) is 17.1. The number of imidazole rings is 1. The zero-order valence-corrected chi connectivity index (χ0v) is 14.3. The van der Waals surface area contributed by atoms with E-state index >= 15 is 0 Å². The predicted octanol–water partition coefficient (Wildman–Crippen LogP) is 4.32. The van der Waals surface area contributed by atoms with Gasteiger partial charge in [0.1, 0.15) is 5.82 Å². The van der Waals surface area contributed by atoms with E-state index in [0.717, 1.165) is 15.7 Å². The molecule has 1 atom stereocenters. The van der Waals surface area contributed by atoms with Crippen LogP contribution < -0.4 is 5.32 Å². The highest BCUT2D eigenvalue weighted by molar-refractivity contribution is 9.10. The monoisotopic (exact) mass is 387 g/mol. The third-order valence-electron chi connectivity index (χ3n) is 3.50. The zero-order valence-electron chi connectivity index (χ0n) is 12.7. The van der Waals surface area contributed by atoms with Crippen molar-refractivity contribution in [2.24, 2.45) is 0 Å². The quantitative estimate of drug-likeness (QED) is 0.501. The third-order valence-corrected chi connectivity index (χ3v) is 4.03. The summed E-state index contributed by atoms with van der Waals surface area (Å²) in [6, 6.07) is 10.5. The molecule has 8 heteroatoms. The molecule has 0 aliphatic rings. The number of nitrogens with one attached hydrogen (secondary N) is 2. The van der Waals surface area contributed by atoms with E-state index < -0.39 is 4.92 Å². The van der Waals surface area contributed by atoms with Crippen LogP contribution in [0.25, 0.3) is 11.3 Å². The van der Waals surface area contributed by atoms with Crippen LogP contribution >= 0.6 is 15.9 Å². The van der Waals surface area contributed by atoms with Gasteiger partial charge in [-0.3, -0.25) is 10.1 Å². The van der Waals surface area contributed by atoms with Crippen LogP contribution in [-0.2, 0) is 0 Å². The maximum absolute atomic E-state index is 11.1. The summed E-state index contributed by atoms with van der Waals surface area (Å²) in [6.07, 6.45) is 3.25. The molecule has 1 aromatic carbocycles. The number of rotatable bonds is 5. The maximum Gasteiger partial charge on any atom is 0.311 e. The van der Waals surface area contributed by atoms with Gasteiger partial charge in [-0.25, -0.2) is 9.97 Å². The second kappa shape index (κ2) is 6.79. The lowest BCUT2D eigenvalue weighted by Gasteiger charge is -2.12. The Morgan fingerprint density at radius 2 is 2.00 bits per heavy atom.